The van der Waals surface area contributed by atoms with E-state index < -0.39 is 0 Å². The molecule has 2 aromatic heterocycles. The van der Waals surface area contributed by atoms with E-state index in [-0.39, 0.29) is 29.3 Å². The Morgan fingerprint density at radius 1 is 1.15 bits per heavy atom. The number of aryl methyl sites for hydroxylation is 2. The Morgan fingerprint density at radius 2 is 1.88 bits per heavy atom. The molecule has 0 spiro atoms. The second-order valence-corrected chi connectivity index (χ2v) is 7.07. The lowest BCUT2D eigenvalue weighted by Crippen LogP contribution is -3.00. The number of carbonyl (C=O) groups is 1. The molecule has 0 saturated heterocycles. The van der Waals surface area contributed by atoms with E-state index in [1.807, 2.05) is 78.0 Å². The molecule has 0 radical (unpaired) electrons. The fourth-order valence-corrected chi connectivity index (χ4v) is 3.85. The molecule has 2 heterocycles. The molecule has 0 amide bonds. The highest BCUT2D eigenvalue weighted by molar-refractivity contribution is 9.10. The first-order valence-corrected chi connectivity index (χ1v) is 8.86. The molecular formula is C20H17Br2N3O. The van der Waals surface area contributed by atoms with Crippen LogP contribution in [0.3, 0.4) is 0 Å². The lowest BCUT2D eigenvalue weighted by molar-refractivity contribution is -0.682. The standard InChI is InChI=1S/C20H17BrN3O.BrH/c1-13-22-18-11-24(10-17(21)20(18)23(13)2)12-19(25)16-8-7-14-5-3-4-6-15(14)9-16;/h3-11H,12H2,1-2H3;1H/q+1;/p-1. The first-order valence-electron chi connectivity index (χ1n) is 8.06. The molecule has 4 nitrogen and oxygen atoms in total. The predicted octanol–water partition coefficient (Wildman–Crippen LogP) is 0.972. The van der Waals surface area contributed by atoms with E-state index in [9.17, 15) is 4.79 Å². The van der Waals surface area contributed by atoms with E-state index in [4.69, 9.17) is 0 Å². The molecule has 4 aromatic rings. The van der Waals surface area contributed by atoms with E-state index in [1.165, 1.54) is 0 Å². The van der Waals surface area contributed by atoms with Crippen LogP contribution in [0, 0.1) is 6.92 Å². The van der Waals surface area contributed by atoms with Crippen LogP contribution in [0.2, 0.25) is 0 Å². The summed E-state index contributed by atoms with van der Waals surface area (Å²) in [6, 6.07) is 13.9. The number of ketones is 1. The summed E-state index contributed by atoms with van der Waals surface area (Å²) in [5, 5.41) is 2.22. The van der Waals surface area contributed by atoms with Crippen molar-refractivity contribution in [1.82, 2.24) is 9.55 Å². The maximum atomic E-state index is 12.7. The Labute approximate surface area is 170 Å². The Kier molecular flexibility index (Phi) is 5.25. The molecule has 26 heavy (non-hydrogen) atoms. The van der Waals surface area contributed by atoms with Crippen LogP contribution in [0.15, 0.2) is 59.3 Å². The number of imidazole rings is 1. The highest BCUT2D eigenvalue weighted by Gasteiger charge is 2.18. The number of rotatable bonds is 3. The van der Waals surface area contributed by atoms with Gasteiger partial charge in [0, 0.05) is 12.6 Å². The summed E-state index contributed by atoms with van der Waals surface area (Å²) >= 11 is 3.60. The van der Waals surface area contributed by atoms with Crippen molar-refractivity contribution >= 4 is 43.5 Å². The van der Waals surface area contributed by atoms with Gasteiger partial charge in [-0.25, -0.2) is 4.98 Å². The summed E-state index contributed by atoms with van der Waals surface area (Å²) in [6.45, 7) is 2.25. The summed E-state index contributed by atoms with van der Waals surface area (Å²) in [4.78, 5) is 17.3. The van der Waals surface area contributed by atoms with Gasteiger partial charge in [-0.2, -0.15) is 4.57 Å². The van der Waals surface area contributed by atoms with Gasteiger partial charge >= 0.3 is 0 Å². The Hall–Kier alpha value is -2.05. The lowest BCUT2D eigenvalue weighted by atomic mass is 10.0. The first-order chi connectivity index (χ1) is 12.0. The molecule has 0 bridgehead atoms. The van der Waals surface area contributed by atoms with Crippen molar-refractivity contribution in [2.24, 2.45) is 7.05 Å². The number of benzene rings is 2. The molecule has 132 valence electrons. The third kappa shape index (κ3) is 3.31. The second-order valence-electron chi connectivity index (χ2n) is 6.22. The maximum absolute atomic E-state index is 12.7. The summed E-state index contributed by atoms with van der Waals surface area (Å²) in [5.41, 5.74) is 2.63. The summed E-state index contributed by atoms with van der Waals surface area (Å²) in [5.74, 6) is 1.02. The molecule has 0 N–H and O–H groups in total. The van der Waals surface area contributed by atoms with Crippen molar-refractivity contribution in [1.29, 1.82) is 0 Å². The SMILES string of the molecule is Cc1nc2c[n+](CC(=O)c3ccc4ccccc4c3)cc(Br)c2n1C.[Br-]. The summed E-state index contributed by atoms with van der Waals surface area (Å²) in [6.07, 6.45) is 3.86. The van der Waals surface area contributed by atoms with Crippen molar-refractivity contribution in [2.45, 2.75) is 13.5 Å². The van der Waals surface area contributed by atoms with Gasteiger partial charge in [-0.1, -0.05) is 36.4 Å². The van der Waals surface area contributed by atoms with Gasteiger partial charge in [-0.05, 0) is 39.7 Å². The molecule has 4 rings (SSSR count). The molecule has 2 aromatic carbocycles. The number of aromatic nitrogens is 3. The van der Waals surface area contributed by atoms with E-state index >= 15 is 0 Å². The van der Waals surface area contributed by atoms with Gasteiger partial charge in [0.05, 0.1) is 5.52 Å². The Bertz CT molecular complexity index is 1130. The van der Waals surface area contributed by atoms with Gasteiger partial charge in [0.2, 0.25) is 12.3 Å². The highest BCUT2D eigenvalue weighted by atomic mass is 79.9. The molecule has 6 heteroatoms. The third-order valence-electron chi connectivity index (χ3n) is 4.54. The maximum Gasteiger partial charge on any atom is 0.227 e. The van der Waals surface area contributed by atoms with E-state index in [2.05, 4.69) is 20.9 Å². The molecule has 0 saturated carbocycles. The number of nitrogens with zero attached hydrogens (tertiary/aromatic N) is 3. The zero-order valence-corrected chi connectivity index (χ0v) is 17.6. The van der Waals surface area contributed by atoms with E-state index in [1.54, 1.807) is 0 Å². The third-order valence-corrected chi connectivity index (χ3v) is 5.12. The minimum absolute atomic E-state index is 0. The molecular weight excluding hydrogens is 458 g/mol. The van der Waals surface area contributed by atoms with Crippen molar-refractivity contribution in [3.8, 4) is 0 Å². The van der Waals surface area contributed by atoms with Crippen molar-refractivity contribution in [3.05, 3.63) is 70.7 Å². The van der Waals surface area contributed by atoms with E-state index in [0.717, 1.165) is 37.7 Å². The van der Waals surface area contributed by atoms with Gasteiger partial charge in [0.1, 0.15) is 10.3 Å². The number of hydrogen-bond acceptors (Lipinski definition) is 2. The molecule has 0 aliphatic carbocycles. The molecule has 0 aliphatic heterocycles. The number of fused-ring (bicyclic) bond motifs is 2. The number of carbonyl (C=O) groups excluding carboxylic acids is 1. The lowest BCUT2D eigenvalue weighted by Gasteiger charge is -2.03. The summed E-state index contributed by atoms with van der Waals surface area (Å²) in [7, 11) is 1.99. The zero-order chi connectivity index (χ0) is 17.6. The van der Waals surface area contributed by atoms with Gasteiger partial charge < -0.3 is 21.5 Å². The first kappa shape index (κ1) is 18.7. The van der Waals surface area contributed by atoms with Crippen LogP contribution in [0.4, 0.5) is 0 Å². The number of hydrogen-bond donors (Lipinski definition) is 0. The predicted molar refractivity (Wildman–Crippen MR) is 102 cm³/mol. The van der Waals surface area contributed by atoms with Gasteiger partial charge in [-0.15, -0.1) is 0 Å². The van der Waals surface area contributed by atoms with E-state index in [0.29, 0.717) is 0 Å². The average Bonchev–Trinajstić information content (AvgIpc) is 2.89. The smallest absolute Gasteiger partial charge is 0.227 e. The summed E-state index contributed by atoms with van der Waals surface area (Å²) < 4.78 is 4.85. The largest absolute Gasteiger partial charge is 1.00 e. The normalized spacial score (nSPS) is 10.9. The van der Waals surface area contributed by atoms with Crippen molar-refractivity contribution in [3.63, 3.8) is 0 Å². The number of halogens is 2. The fourth-order valence-electron chi connectivity index (χ4n) is 3.12. The van der Waals surface area contributed by atoms with Gasteiger partial charge in [0.15, 0.2) is 17.9 Å². The van der Waals surface area contributed by atoms with Crippen LogP contribution >= 0.6 is 15.9 Å². The number of Topliss-reactive ketones (excluding diaryl/α,β-unsaturated/α-hetero) is 1. The van der Waals surface area contributed by atoms with Crippen LogP contribution < -0.4 is 21.5 Å². The van der Waals surface area contributed by atoms with Crippen LogP contribution in [-0.2, 0) is 13.6 Å². The fraction of sp³-hybridized carbons (Fsp3) is 0.150. The number of pyridine rings is 1. The Morgan fingerprint density at radius 3 is 2.65 bits per heavy atom. The van der Waals surface area contributed by atoms with Crippen molar-refractivity contribution < 1.29 is 26.3 Å². The van der Waals surface area contributed by atoms with Crippen LogP contribution in [0.25, 0.3) is 21.8 Å². The Balaban J connectivity index is 0.00000196. The van der Waals surface area contributed by atoms with Crippen molar-refractivity contribution in [2.75, 3.05) is 0 Å². The highest BCUT2D eigenvalue weighted by Crippen LogP contribution is 2.22. The minimum Gasteiger partial charge on any atom is -1.00 e. The molecule has 0 unspecified atom stereocenters. The molecule has 0 fully saturated rings. The van der Waals surface area contributed by atoms with Crippen LogP contribution in [0.5, 0.6) is 0 Å². The topological polar surface area (TPSA) is 38.8 Å². The van der Waals surface area contributed by atoms with Gasteiger partial charge in [0.25, 0.3) is 0 Å². The molecule has 0 aliphatic rings. The van der Waals surface area contributed by atoms with Crippen LogP contribution in [-0.4, -0.2) is 15.3 Å². The van der Waals surface area contributed by atoms with Crippen LogP contribution in [0.1, 0.15) is 16.2 Å². The average molecular weight is 475 g/mol. The van der Waals surface area contributed by atoms with Gasteiger partial charge in [-0.3, -0.25) is 4.79 Å². The quantitative estimate of drug-likeness (QED) is 0.328. The zero-order valence-electron chi connectivity index (χ0n) is 14.4. The minimum atomic E-state index is 0. The second kappa shape index (κ2) is 7.29. The monoisotopic (exact) mass is 473 g/mol. The molecule has 0 atom stereocenters.